The number of thioether (sulfide) groups is 1. The van der Waals surface area contributed by atoms with E-state index in [-0.39, 0.29) is 0 Å². The number of carbonyl (C=O) groups is 1. The quantitative estimate of drug-likeness (QED) is 0.402. The summed E-state index contributed by atoms with van der Waals surface area (Å²) in [4.78, 5) is 14.1. The molecule has 0 aliphatic heterocycles. The van der Waals surface area contributed by atoms with Crippen LogP contribution in [0.15, 0.2) is 83.8 Å². The molecule has 3 aromatic carbocycles. The van der Waals surface area contributed by atoms with Crippen LogP contribution < -0.4 is 14.4 Å². The third kappa shape index (κ3) is 7.00. The molecule has 0 spiro atoms. The van der Waals surface area contributed by atoms with E-state index in [0.717, 1.165) is 21.9 Å². The van der Waals surface area contributed by atoms with Crippen LogP contribution in [0.2, 0.25) is 0 Å². The Hall–Kier alpha value is -2.97. The summed E-state index contributed by atoms with van der Waals surface area (Å²) in [5.41, 5.74) is 2.14. The largest absolute Gasteiger partial charge is 0.494 e. The van der Waals surface area contributed by atoms with Crippen LogP contribution in [0.1, 0.15) is 19.4 Å². The monoisotopic (exact) mass is 484 g/mol. The summed E-state index contributed by atoms with van der Waals surface area (Å²) < 4.78 is 31.5. The van der Waals surface area contributed by atoms with Crippen LogP contribution in [0, 0.1) is 0 Å². The number of sulfonamides is 1. The molecular weight excluding hydrogens is 456 g/mol. The predicted molar refractivity (Wildman–Crippen MR) is 135 cm³/mol. The normalized spacial score (nSPS) is 12.1. The lowest BCUT2D eigenvalue weighted by Crippen LogP contribution is -2.45. The molecule has 1 atom stereocenters. The van der Waals surface area contributed by atoms with Crippen molar-refractivity contribution in [3.63, 3.8) is 0 Å². The molecule has 0 saturated heterocycles. The first-order chi connectivity index (χ1) is 15.8. The highest BCUT2D eigenvalue weighted by Crippen LogP contribution is 2.25. The minimum Gasteiger partial charge on any atom is -0.494 e. The van der Waals surface area contributed by atoms with Gasteiger partial charge in [0.05, 0.1) is 18.6 Å². The molecule has 3 rings (SSSR count). The molecule has 1 amide bonds. The van der Waals surface area contributed by atoms with Crippen molar-refractivity contribution >= 4 is 39.1 Å². The van der Waals surface area contributed by atoms with Gasteiger partial charge >= 0.3 is 0 Å². The highest BCUT2D eigenvalue weighted by atomic mass is 32.2. The molecule has 8 heteroatoms. The first-order valence-corrected chi connectivity index (χ1v) is 13.4. The maximum absolute atomic E-state index is 12.9. The molecule has 0 aliphatic rings. The fourth-order valence-electron chi connectivity index (χ4n) is 3.28. The van der Waals surface area contributed by atoms with Crippen LogP contribution >= 0.6 is 11.8 Å². The predicted octanol–water partition coefficient (Wildman–Crippen LogP) is 5.17. The van der Waals surface area contributed by atoms with Crippen LogP contribution in [0.4, 0.5) is 11.4 Å². The second kappa shape index (κ2) is 11.2. The molecule has 0 aliphatic carbocycles. The van der Waals surface area contributed by atoms with Gasteiger partial charge in [0, 0.05) is 16.3 Å². The van der Waals surface area contributed by atoms with Gasteiger partial charge in [-0.05, 0) is 67.9 Å². The maximum Gasteiger partial charge on any atom is 0.247 e. The summed E-state index contributed by atoms with van der Waals surface area (Å²) in [6.07, 6.45) is 1.09. The number of nitrogens with zero attached hydrogens (tertiary/aromatic N) is 1. The molecule has 0 unspecified atom stereocenters. The van der Waals surface area contributed by atoms with Gasteiger partial charge in [-0.1, -0.05) is 30.3 Å². The minimum atomic E-state index is -3.69. The number of ether oxygens (including phenoxy) is 1. The Morgan fingerprint density at radius 1 is 1.00 bits per heavy atom. The standard InChI is InChI=1S/C25H28N2O4S2/c1-4-31-23-16-14-22(15-17-23)27(33(3,29)30)19(2)25(28)26-21-12-10-20(11-13-21)18-32-24-8-6-5-7-9-24/h5-17,19H,4,18H2,1-3H3,(H,26,28)/t19-/m0/s1. The number of benzene rings is 3. The van der Waals surface area contributed by atoms with Crippen molar-refractivity contribution in [3.05, 3.63) is 84.4 Å². The number of anilines is 2. The Kier molecular flexibility index (Phi) is 8.41. The topological polar surface area (TPSA) is 75.7 Å². The lowest BCUT2D eigenvalue weighted by molar-refractivity contribution is -0.116. The molecule has 6 nitrogen and oxygen atoms in total. The van der Waals surface area contributed by atoms with E-state index in [4.69, 9.17) is 4.74 Å². The number of rotatable bonds is 10. The zero-order valence-corrected chi connectivity index (χ0v) is 20.5. The average molecular weight is 485 g/mol. The summed E-state index contributed by atoms with van der Waals surface area (Å²) in [6, 6.07) is 23.4. The second-order valence-corrected chi connectivity index (χ2v) is 10.4. The van der Waals surface area contributed by atoms with Gasteiger partial charge in [-0.15, -0.1) is 11.8 Å². The molecule has 0 heterocycles. The number of carbonyl (C=O) groups excluding carboxylic acids is 1. The van der Waals surface area contributed by atoms with Gasteiger partial charge in [-0.3, -0.25) is 9.10 Å². The van der Waals surface area contributed by atoms with E-state index in [1.165, 1.54) is 4.90 Å². The van der Waals surface area contributed by atoms with Crippen molar-refractivity contribution in [1.82, 2.24) is 0 Å². The first-order valence-electron chi connectivity index (χ1n) is 10.6. The van der Waals surface area contributed by atoms with Crippen molar-refractivity contribution < 1.29 is 17.9 Å². The smallest absolute Gasteiger partial charge is 0.247 e. The number of nitrogens with one attached hydrogen (secondary N) is 1. The maximum atomic E-state index is 12.9. The Bertz CT molecular complexity index is 1150. The second-order valence-electron chi connectivity index (χ2n) is 7.45. The number of hydrogen-bond donors (Lipinski definition) is 1. The van der Waals surface area contributed by atoms with Crippen molar-refractivity contribution in [3.8, 4) is 5.75 Å². The Morgan fingerprint density at radius 2 is 1.64 bits per heavy atom. The van der Waals surface area contributed by atoms with E-state index < -0.39 is 22.0 Å². The van der Waals surface area contributed by atoms with Crippen LogP contribution in [0.5, 0.6) is 5.75 Å². The molecule has 1 N–H and O–H groups in total. The average Bonchev–Trinajstić information content (AvgIpc) is 2.80. The fourth-order valence-corrected chi connectivity index (χ4v) is 5.33. The molecule has 0 fully saturated rings. The first kappa shape index (κ1) is 24.7. The van der Waals surface area contributed by atoms with E-state index in [9.17, 15) is 13.2 Å². The molecule has 0 radical (unpaired) electrons. The zero-order chi connectivity index (χ0) is 23.8. The summed E-state index contributed by atoms with van der Waals surface area (Å²) >= 11 is 1.74. The zero-order valence-electron chi connectivity index (χ0n) is 18.9. The Balaban J connectivity index is 1.66. The molecule has 174 valence electrons. The summed E-state index contributed by atoms with van der Waals surface area (Å²) in [5.74, 6) is 1.03. The molecule has 0 aromatic heterocycles. The molecule has 3 aromatic rings. The van der Waals surface area contributed by atoms with E-state index in [1.807, 2.05) is 49.4 Å². The van der Waals surface area contributed by atoms with Crippen LogP contribution in [-0.4, -0.2) is 33.2 Å². The van der Waals surface area contributed by atoms with Gasteiger partial charge in [0.1, 0.15) is 11.8 Å². The van der Waals surface area contributed by atoms with Crippen LogP contribution in [0.25, 0.3) is 0 Å². The van der Waals surface area contributed by atoms with E-state index in [1.54, 1.807) is 43.0 Å². The molecule has 33 heavy (non-hydrogen) atoms. The lowest BCUT2D eigenvalue weighted by atomic mass is 10.2. The van der Waals surface area contributed by atoms with Crippen molar-refractivity contribution in [2.75, 3.05) is 22.5 Å². The van der Waals surface area contributed by atoms with Crippen molar-refractivity contribution in [1.29, 1.82) is 0 Å². The van der Waals surface area contributed by atoms with Crippen molar-refractivity contribution in [2.45, 2.75) is 30.5 Å². The summed E-state index contributed by atoms with van der Waals surface area (Å²) in [5, 5.41) is 2.82. The van der Waals surface area contributed by atoms with Gasteiger partial charge in [0.2, 0.25) is 15.9 Å². The highest BCUT2D eigenvalue weighted by Gasteiger charge is 2.29. The fraction of sp³-hybridized carbons (Fsp3) is 0.240. The van der Waals surface area contributed by atoms with Crippen LogP contribution in [0.3, 0.4) is 0 Å². The lowest BCUT2D eigenvalue weighted by Gasteiger charge is -2.28. The molecule has 0 saturated carbocycles. The molecule has 0 bridgehead atoms. The third-order valence-corrected chi connectivity index (χ3v) is 7.19. The van der Waals surface area contributed by atoms with Gasteiger partial charge in [-0.2, -0.15) is 0 Å². The van der Waals surface area contributed by atoms with Gasteiger partial charge in [-0.25, -0.2) is 8.42 Å². The van der Waals surface area contributed by atoms with E-state index in [0.29, 0.717) is 23.7 Å². The minimum absolute atomic E-state index is 0.400. The Labute approximate surface area is 200 Å². The van der Waals surface area contributed by atoms with E-state index in [2.05, 4.69) is 17.4 Å². The van der Waals surface area contributed by atoms with Gasteiger partial charge < -0.3 is 10.1 Å². The molecular formula is C25H28N2O4S2. The summed E-state index contributed by atoms with van der Waals surface area (Å²) in [7, 11) is -3.69. The van der Waals surface area contributed by atoms with Gasteiger partial charge in [0.25, 0.3) is 0 Å². The highest BCUT2D eigenvalue weighted by molar-refractivity contribution is 7.98. The van der Waals surface area contributed by atoms with E-state index >= 15 is 0 Å². The SMILES string of the molecule is CCOc1ccc(N([C@@H](C)C(=O)Nc2ccc(CSc3ccccc3)cc2)S(C)(=O)=O)cc1. The van der Waals surface area contributed by atoms with Crippen LogP contribution in [-0.2, 0) is 20.6 Å². The number of hydrogen-bond acceptors (Lipinski definition) is 5. The number of amides is 1. The Morgan fingerprint density at radius 3 is 2.21 bits per heavy atom. The van der Waals surface area contributed by atoms with Gasteiger partial charge in [0.15, 0.2) is 0 Å². The van der Waals surface area contributed by atoms with Crippen molar-refractivity contribution in [2.24, 2.45) is 0 Å². The third-order valence-electron chi connectivity index (χ3n) is 4.86. The summed E-state index contributed by atoms with van der Waals surface area (Å²) in [6.45, 7) is 3.95.